The van der Waals surface area contributed by atoms with Crippen LogP contribution in [-0.2, 0) is 4.79 Å². The number of carboxylic acids is 1. The SMILES string of the molecule is CCCC[C@H](c1ccc(C(=O)O)cc1)N1C(=O)C(c2cc(C)cc(F)c2)=NC12CCC(C(C)(C)C)CC2. The number of rotatable bonds is 7. The minimum absolute atomic E-state index is 0.164. The molecule has 37 heavy (non-hydrogen) atoms. The fourth-order valence-corrected chi connectivity index (χ4v) is 6.09. The van der Waals surface area contributed by atoms with Gasteiger partial charge >= 0.3 is 5.97 Å². The van der Waals surface area contributed by atoms with Crippen LogP contribution in [0.3, 0.4) is 0 Å². The minimum atomic E-state index is -0.974. The van der Waals surface area contributed by atoms with Gasteiger partial charge in [-0.3, -0.25) is 9.79 Å². The Morgan fingerprint density at radius 1 is 1.16 bits per heavy atom. The smallest absolute Gasteiger partial charge is 0.335 e. The van der Waals surface area contributed by atoms with Crippen LogP contribution in [0.15, 0.2) is 47.5 Å². The zero-order chi connectivity index (χ0) is 27.0. The first-order chi connectivity index (χ1) is 17.4. The van der Waals surface area contributed by atoms with Crippen LogP contribution in [0.2, 0.25) is 0 Å². The van der Waals surface area contributed by atoms with Crippen LogP contribution in [0.4, 0.5) is 4.39 Å². The van der Waals surface area contributed by atoms with E-state index in [0.29, 0.717) is 17.2 Å². The number of benzene rings is 2. The minimum Gasteiger partial charge on any atom is -0.478 e. The molecular formula is C31H39FN2O3. The number of aromatic carboxylic acids is 1. The van der Waals surface area contributed by atoms with Gasteiger partial charge in [-0.1, -0.05) is 52.7 Å². The van der Waals surface area contributed by atoms with E-state index in [1.54, 1.807) is 12.1 Å². The second kappa shape index (κ2) is 10.4. The van der Waals surface area contributed by atoms with Crippen LogP contribution in [0.1, 0.15) is 106 Å². The number of nitrogens with zero attached hydrogens (tertiary/aromatic N) is 2. The summed E-state index contributed by atoms with van der Waals surface area (Å²) in [4.78, 5) is 32.8. The standard InChI is InChI=1S/C31H39FN2O3/c1-6-7-8-26(21-9-11-22(12-10-21)29(36)37)34-28(35)27(23-17-20(2)18-25(32)19-23)33-31(34)15-13-24(14-16-31)30(3,4)5/h9-12,17-19,24,26H,6-8,13-16H2,1-5H3,(H,36,37)/t24?,26-,31?/m1/s1. The molecule has 2 aromatic rings. The maximum absolute atomic E-state index is 14.4. The van der Waals surface area contributed by atoms with Crippen molar-refractivity contribution in [1.82, 2.24) is 4.90 Å². The van der Waals surface area contributed by atoms with Crippen molar-refractivity contribution in [2.45, 2.75) is 91.3 Å². The summed E-state index contributed by atoms with van der Waals surface area (Å²) >= 11 is 0. The summed E-state index contributed by atoms with van der Waals surface area (Å²) in [6.07, 6.45) is 6.09. The van der Waals surface area contributed by atoms with Gasteiger partial charge in [-0.15, -0.1) is 0 Å². The van der Waals surface area contributed by atoms with E-state index in [0.717, 1.165) is 56.1 Å². The molecule has 4 rings (SSSR count). The maximum atomic E-state index is 14.4. The van der Waals surface area contributed by atoms with Crippen molar-refractivity contribution in [3.05, 3.63) is 70.5 Å². The lowest BCUT2D eigenvalue weighted by atomic mass is 9.69. The molecule has 0 radical (unpaired) electrons. The van der Waals surface area contributed by atoms with Crippen molar-refractivity contribution in [1.29, 1.82) is 0 Å². The van der Waals surface area contributed by atoms with Crippen LogP contribution >= 0.6 is 0 Å². The van der Waals surface area contributed by atoms with E-state index in [2.05, 4.69) is 27.7 Å². The molecule has 2 aliphatic rings. The third-order valence-corrected chi connectivity index (χ3v) is 8.20. The normalized spacial score (nSPS) is 22.9. The molecule has 1 N–H and O–H groups in total. The van der Waals surface area contributed by atoms with E-state index < -0.39 is 11.6 Å². The number of unbranched alkanes of at least 4 members (excludes halogenated alkanes) is 1. The second-order valence-electron chi connectivity index (χ2n) is 11.9. The highest BCUT2D eigenvalue weighted by Crippen LogP contribution is 2.50. The van der Waals surface area contributed by atoms with Crippen molar-refractivity contribution < 1.29 is 19.1 Å². The maximum Gasteiger partial charge on any atom is 0.335 e. The first kappa shape index (κ1) is 27.0. The molecule has 1 saturated carbocycles. The highest BCUT2D eigenvalue weighted by atomic mass is 19.1. The first-order valence-corrected chi connectivity index (χ1v) is 13.5. The lowest BCUT2D eigenvalue weighted by Gasteiger charge is -2.47. The van der Waals surface area contributed by atoms with Crippen molar-refractivity contribution in [2.24, 2.45) is 16.3 Å². The molecule has 0 aromatic heterocycles. The molecule has 1 atom stereocenters. The summed E-state index contributed by atoms with van der Waals surface area (Å²) in [5, 5.41) is 9.39. The molecule has 198 valence electrons. The van der Waals surface area contributed by atoms with E-state index in [-0.39, 0.29) is 28.7 Å². The molecule has 0 saturated heterocycles. The quantitative estimate of drug-likeness (QED) is 0.427. The van der Waals surface area contributed by atoms with Gasteiger partial charge in [-0.05, 0) is 91.8 Å². The van der Waals surface area contributed by atoms with Gasteiger partial charge in [0.25, 0.3) is 5.91 Å². The Kier molecular flexibility index (Phi) is 7.59. The molecule has 0 bridgehead atoms. The average molecular weight is 507 g/mol. The largest absolute Gasteiger partial charge is 0.478 e. The van der Waals surface area contributed by atoms with Gasteiger partial charge in [-0.25, -0.2) is 9.18 Å². The number of carboxylic acid groups (broad SMARTS) is 1. The Labute approximate surface area is 219 Å². The van der Waals surface area contributed by atoms with Gasteiger partial charge in [0.05, 0.1) is 11.6 Å². The number of halogens is 1. The van der Waals surface area contributed by atoms with E-state index in [1.165, 1.54) is 12.1 Å². The molecular weight excluding hydrogens is 467 g/mol. The summed E-state index contributed by atoms with van der Waals surface area (Å²) < 4.78 is 14.4. The van der Waals surface area contributed by atoms with Crippen LogP contribution in [0.25, 0.3) is 0 Å². The molecule has 0 unspecified atom stereocenters. The summed E-state index contributed by atoms with van der Waals surface area (Å²) in [5.41, 5.74) is 2.24. The zero-order valence-electron chi connectivity index (χ0n) is 22.7. The van der Waals surface area contributed by atoms with Gasteiger partial charge in [0, 0.05) is 5.56 Å². The topological polar surface area (TPSA) is 70.0 Å². The number of carbonyl (C=O) groups is 2. The number of aliphatic imine (C=N–C) groups is 1. The van der Waals surface area contributed by atoms with Crippen LogP contribution in [0.5, 0.6) is 0 Å². The molecule has 1 spiro atoms. The molecule has 1 aliphatic carbocycles. The van der Waals surface area contributed by atoms with Crippen molar-refractivity contribution >= 4 is 17.6 Å². The Bertz CT molecular complexity index is 1170. The fourth-order valence-electron chi connectivity index (χ4n) is 6.09. The van der Waals surface area contributed by atoms with Gasteiger partial charge < -0.3 is 10.0 Å². The van der Waals surface area contributed by atoms with Crippen LogP contribution in [-0.4, -0.2) is 33.3 Å². The molecule has 1 fully saturated rings. The summed E-state index contributed by atoms with van der Waals surface area (Å²) in [7, 11) is 0. The zero-order valence-corrected chi connectivity index (χ0v) is 22.7. The first-order valence-electron chi connectivity index (χ1n) is 13.5. The molecule has 2 aromatic carbocycles. The molecule has 1 amide bonds. The number of hydrogen-bond acceptors (Lipinski definition) is 3. The number of amides is 1. The third kappa shape index (κ3) is 5.48. The average Bonchev–Trinajstić information content (AvgIpc) is 3.10. The highest BCUT2D eigenvalue weighted by molar-refractivity contribution is 6.46. The van der Waals surface area contributed by atoms with Gasteiger partial charge in [0.1, 0.15) is 17.2 Å². The van der Waals surface area contributed by atoms with E-state index in [9.17, 15) is 19.1 Å². The number of carbonyl (C=O) groups excluding carboxylic acids is 1. The lowest BCUT2D eigenvalue weighted by molar-refractivity contribution is -0.133. The fraction of sp³-hybridized carbons (Fsp3) is 0.516. The molecule has 1 aliphatic heterocycles. The van der Waals surface area contributed by atoms with Crippen molar-refractivity contribution in [3.8, 4) is 0 Å². The molecule has 5 nitrogen and oxygen atoms in total. The number of aryl methyl sites for hydroxylation is 1. The Balaban J connectivity index is 1.80. The Morgan fingerprint density at radius 2 is 1.81 bits per heavy atom. The van der Waals surface area contributed by atoms with E-state index in [1.807, 2.05) is 30.0 Å². The lowest BCUT2D eigenvalue weighted by Crippen LogP contribution is -2.51. The molecule has 6 heteroatoms. The van der Waals surface area contributed by atoms with Crippen LogP contribution in [0, 0.1) is 24.1 Å². The summed E-state index contributed by atoms with van der Waals surface area (Å²) in [5.74, 6) is -0.975. The van der Waals surface area contributed by atoms with Gasteiger partial charge in [0.15, 0.2) is 0 Å². The van der Waals surface area contributed by atoms with E-state index >= 15 is 0 Å². The monoisotopic (exact) mass is 506 g/mol. The Morgan fingerprint density at radius 3 is 2.35 bits per heavy atom. The summed E-state index contributed by atoms with van der Waals surface area (Å²) in [6.45, 7) is 10.8. The van der Waals surface area contributed by atoms with Crippen molar-refractivity contribution in [3.63, 3.8) is 0 Å². The summed E-state index contributed by atoms with van der Waals surface area (Å²) in [6, 6.07) is 11.3. The highest BCUT2D eigenvalue weighted by Gasteiger charge is 2.52. The molecule has 1 heterocycles. The van der Waals surface area contributed by atoms with E-state index in [4.69, 9.17) is 4.99 Å². The number of hydrogen-bond donors (Lipinski definition) is 1. The predicted molar refractivity (Wildman–Crippen MR) is 144 cm³/mol. The van der Waals surface area contributed by atoms with Gasteiger partial charge in [0.2, 0.25) is 0 Å². The van der Waals surface area contributed by atoms with Gasteiger partial charge in [-0.2, -0.15) is 0 Å². The van der Waals surface area contributed by atoms with Crippen molar-refractivity contribution in [2.75, 3.05) is 0 Å². The second-order valence-corrected chi connectivity index (χ2v) is 11.9. The third-order valence-electron chi connectivity index (χ3n) is 8.20. The predicted octanol–water partition coefficient (Wildman–Crippen LogP) is 7.33. The van der Waals surface area contributed by atoms with Crippen LogP contribution < -0.4 is 0 Å². The Hall–Kier alpha value is -3.02.